The summed E-state index contributed by atoms with van der Waals surface area (Å²) in [4.78, 5) is 8.41. The zero-order valence-electron chi connectivity index (χ0n) is 11.2. The van der Waals surface area contributed by atoms with E-state index in [1.165, 1.54) is 23.3 Å². The van der Waals surface area contributed by atoms with Gasteiger partial charge in [-0.1, -0.05) is 12.1 Å². The fraction of sp³-hybridized carbons (Fsp3) is 0.400. The second-order valence-electron chi connectivity index (χ2n) is 4.98. The minimum absolute atomic E-state index is 0.756. The van der Waals surface area contributed by atoms with Gasteiger partial charge in [0, 0.05) is 42.8 Å². The van der Waals surface area contributed by atoms with Gasteiger partial charge in [-0.3, -0.25) is 4.90 Å². The lowest BCUT2D eigenvalue weighted by molar-refractivity contribution is 0.248. The van der Waals surface area contributed by atoms with Crippen LogP contribution in [0.25, 0.3) is 0 Å². The molecule has 3 nitrogen and oxygen atoms in total. The third kappa shape index (κ3) is 3.14. The summed E-state index contributed by atoms with van der Waals surface area (Å²) >= 11 is 1.84. The van der Waals surface area contributed by atoms with E-state index in [1.807, 2.05) is 30.6 Å². The highest BCUT2D eigenvalue weighted by Crippen LogP contribution is 2.31. The van der Waals surface area contributed by atoms with E-state index < -0.39 is 0 Å². The molecule has 4 heteroatoms. The first-order valence-corrected chi connectivity index (χ1v) is 7.63. The molecule has 1 saturated carbocycles. The Hall–Kier alpha value is -1.39. The van der Waals surface area contributed by atoms with Crippen LogP contribution in [0.1, 0.15) is 23.3 Å². The Balaban J connectivity index is 1.74. The van der Waals surface area contributed by atoms with Gasteiger partial charge in [-0.2, -0.15) is 0 Å². The molecule has 100 valence electrons. The number of nitrogens with zero attached hydrogens (tertiary/aromatic N) is 2. The maximum absolute atomic E-state index is 4.39. The largest absolute Gasteiger partial charge is 0.373 e. The smallest absolute Gasteiger partial charge is 0.130 e. The number of thiophene rings is 1. The van der Waals surface area contributed by atoms with Crippen molar-refractivity contribution in [2.24, 2.45) is 0 Å². The minimum atomic E-state index is 0.756. The second kappa shape index (κ2) is 5.72. The summed E-state index contributed by atoms with van der Waals surface area (Å²) in [6.45, 7) is 2.03. The lowest BCUT2D eigenvalue weighted by Gasteiger charge is -2.22. The van der Waals surface area contributed by atoms with Crippen LogP contribution in [-0.2, 0) is 13.1 Å². The summed E-state index contributed by atoms with van der Waals surface area (Å²) in [7, 11) is 1.94. The van der Waals surface area contributed by atoms with Gasteiger partial charge in [-0.05, 0) is 30.4 Å². The molecule has 1 N–H and O–H groups in total. The van der Waals surface area contributed by atoms with Crippen molar-refractivity contribution in [2.45, 2.75) is 32.0 Å². The quantitative estimate of drug-likeness (QED) is 0.875. The van der Waals surface area contributed by atoms with Gasteiger partial charge in [-0.25, -0.2) is 4.98 Å². The molecule has 1 aliphatic carbocycles. The topological polar surface area (TPSA) is 28.2 Å². The summed E-state index contributed by atoms with van der Waals surface area (Å²) in [6, 6.07) is 9.30. The third-order valence-electron chi connectivity index (χ3n) is 3.50. The first kappa shape index (κ1) is 12.6. The molecule has 0 unspecified atom stereocenters. The van der Waals surface area contributed by atoms with Crippen molar-refractivity contribution in [1.29, 1.82) is 0 Å². The number of hydrogen-bond donors (Lipinski definition) is 1. The van der Waals surface area contributed by atoms with Crippen LogP contribution in [0, 0.1) is 0 Å². The van der Waals surface area contributed by atoms with E-state index in [4.69, 9.17) is 0 Å². The number of pyridine rings is 1. The average molecular weight is 273 g/mol. The predicted octanol–water partition coefficient (Wildman–Crippen LogP) is 3.35. The van der Waals surface area contributed by atoms with E-state index in [2.05, 4.69) is 38.8 Å². The molecule has 0 aromatic carbocycles. The summed E-state index contributed by atoms with van der Waals surface area (Å²) < 4.78 is 0. The van der Waals surface area contributed by atoms with Gasteiger partial charge >= 0.3 is 0 Å². The highest BCUT2D eigenvalue weighted by molar-refractivity contribution is 7.09. The normalized spacial score (nSPS) is 14.8. The minimum Gasteiger partial charge on any atom is -0.373 e. The highest BCUT2D eigenvalue weighted by Gasteiger charge is 2.29. The van der Waals surface area contributed by atoms with Gasteiger partial charge in [0.05, 0.1) is 0 Å². The van der Waals surface area contributed by atoms with E-state index >= 15 is 0 Å². The van der Waals surface area contributed by atoms with Crippen LogP contribution in [0.5, 0.6) is 0 Å². The van der Waals surface area contributed by atoms with Crippen molar-refractivity contribution < 1.29 is 0 Å². The maximum Gasteiger partial charge on any atom is 0.130 e. The lowest BCUT2D eigenvalue weighted by atomic mass is 10.2. The Morgan fingerprint density at radius 3 is 2.89 bits per heavy atom. The first-order valence-electron chi connectivity index (χ1n) is 6.75. The van der Waals surface area contributed by atoms with E-state index in [0.29, 0.717) is 0 Å². The maximum atomic E-state index is 4.39. The molecule has 2 aromatic rings. The van der Waals surface area contributed by atoms with Crippen LogP contribution in [0.2, 0.25) is 0 Å². The zero-order valence-corrected chi connectivity index (χ0v) is 12.0. The van der Waals surface area contributed by atoms with Crippen molar-refractivity contribution in [3.63, 3.8) is 0 Å². The van der Waals surface area contributed by atoms with E-state index in [0.717, 1.165) is 24.9 Å². The van der Waals surface area contributed by atoms with Crippen LogP contribution < -0.4 is 5.32 Å². The zero-order chi connectivity index (χ0) is 13.1. The molecular formula is C15H19N3S. The fourth-order valence-electron chi connectivity index (χ4n) is 2.37. The molecule has 0 amide bonds. The number of anilines is 1. The summed E-state index contributed by atoms with van der Waals surface area (Å²) in [5.74, 6) is 0.999. The molecule has 0 saturated heterocycles. The number of hydrogen-bond acceptors (Lipinski definition) is 4. The first-order chi connectivity index (χ1) is 9.36. The molecule has 0 aliphatic heterocycles. The van der Waals surface area contributed by atoms with Gasteiger partial charge in [-0.15, -0.1) is 11.3 Å². The number of aromatic nitrogens is 1. The predicted molar refractivity (Wildman–Crippen MR) is 80.4 cm³/mol. The SMILES string of the molecule is CNc1ncccc1CN(Cc1cccs1)C1CC1. The Kier molecular flexibility index (Phi) is 3.80. The van der Waals surface area contributed by atoms with Crippen molar-refractivity contribution >= 4 is 17.2 Å². The average Bonchev–Trinajstić information content (AvgIpc) is 3.17. The van der Waals surface area contributed by atoms with E-state index in [1.54, 1.807) is 0 Å². The Morgan fingerprint density at radius 1 is 1.32 bits per heavy atom. The van der Waals surface area contributed by atoms with Gasteiger partial charge in [0.2, 0.25) is 0 Å². The number of nitrogens with one attached hydrogen (secondary N) is 1. The lowest BCUT2D eigenvalue weighted by Crippen LogP contribution is -2.25. The molecule has 2 heterocycles. The van der Waals surface area contributed by atoms with Crippen LogP contribution >= 0.6 is 11.3 Å². The molecule has 0 radical (unpaired) electrons. The van der Waals surface area contributed by atoms with Gasteiger partial charge < -0.3 is 5.32 Å². The van der Waals surface area contributed by atoms with Crippen LogP contribution in [0.4, 0.5) is 5.82 Å². The van der Waals surface area contributed by atoms with Gasteiger partial charge in [0.1, 0.15) is 5.82 Å². The molecular weight excluding hydrogens is 254 g/mol. The molecule has 0 atom stereocenters. The fourth-order valence-corrected chi connectivity index (χ4v) is 3.10. The molecule has 19 heavy (non-hydrogen) atoms. The summed E-state index contributed by atoms with van der Waals surface area (Å²) in [6.07, 6.45) is 4.51. The van der Waals surface area contributed by atoms with Crippen molar-refractivity contribution in [3.8, 4) is 0 Å². The molecule has 0 bridgehead atoms. The van der Waals surface area contributed by atoms with Crippen LogP contribution in [-0.4, -0.2) is 23.0 Å². The van der Waals surface area contributed by atoms with E-state index in [9.17, 15) is 0 Å². The Labute approximate surface area is 118 Å². The Bertz CT molecular complexity index is 520. The van der Waals surface area contributed by atoms with Gasteiger partial charge in [0.25, 0.3) is 0 Å². The monoisotopic (exact) mass is 273 g/mol. The Morgan fingerprint density at radius 2 is 2.21 bits per heavy atom. The van der Waals surface area contributed by atoms with Crippen molar-refractivity contribution in [2.75, 3.05) is 12.4 Å². The van der Waals surface area contributed by atoms with Crippen LogP contribution in [0.15, 0.2) is 35.8 Å². The van der Waals surface area contributed by atoms with Crippen molar-refractivity contribution in [1.82, 2.24) is 9.88 Å². The van der Waals surface area contributed by atoms with Crippen molar-refractivity contribution in [3.05, 3.63) is 46.3 Å². The second-order valence-corrected chi connectivity index (χ2v) is 6.01. The molecule has 1 fully saturated rings. The summed E-state index contributed by atoms with van der Waals surface area (Å²) in [5.41, 5.74) is 1.29. The standard InChI is InChI=1S/C15H19N3S/c1-16-15-12(4-2-8-17-15)10-18(13-6-7-13)11-14-5-3-9-19-14/h2-5,8-9,13H,6-7,10-11H2,1H3,(H,16,17). The third-order valence-corrected chi connectivity index (χ3v) is 4.36. The van der Waals surface area contributed by atoms with Gasteiger partial charge in [0.15, 0.2) is 0 Å². The molecule has 2 aromatic heterocycles. The number of rotatable bonds is 6. The molecule has 1 aliphatic rings. The van der Waals surface area contributed by atoms with Crippen LogP contribution in [0.3, 0.4) is 0 Å². The van der Waals surface area contributed by atoms with E-state index in [-0.39, 0.29) is 0 Å². The summed E-state index contributed by atoms with van der Waals surface area (Å²) in [5, 5.41) is 5.34. The highest BCUT2D eigenvalue weighted by atomic mass is 32.1. The molecule has 3 rings (SSSR count). The molecule has 0 spiro atoms.